The summed E-state index contributed by atoms with van der Waals surface area (Å²) >= 11 is 0. The average Bonchev–Trinajstić information content (AvgIpc) is 3.03. The number of alkyl halides is 3. The molecule has 1 N–H and O–H groups in total. The van der Waals surface area contributed by atoms with Crippen LogP contribution >= 0.6 is 0 Å². The van der Waals surface area contributed by atoms with Gasteiger partial charge in [0.2, 0.25) is 0 Å². The van der Waals surface area contributed by atoms with Crippen LogP contribution in [0.5, 0.6) is 0 Å². The smallest absolute Gasteiger partial charge is 0.475 e. The standard InChI is InChI=1S/C21H24N2O4S.C2HF3O2/c1-16-4-2-6-18(10-16)20(24)23-14-21(15-23)19(7-9-28(21,25)26)13-27-12-17-5-3-8-22-11-17;3-2(4,5)1(6)7/h2-6,8,10-11,19H,7,9,12-15H2,1H3;(H,6,7). The van der Waals surface area contributed by atoms with Crippen LogP contribution in [-0.2, 0) is 26.0 Å². The van der Waals surface area contributed by atoms with Crippen molar-refractivity contribution in [2.45, 2.75) is 30.9 Å². The monoisotopic (exact) mass is 514 g/mol. The summed E-state index contributed by atoms with van der Waals surface area (Å²) in [6.07, 6.45) is -1.05. The Morgan fingerprint density at radius 2 is 1.91 bits per heavy atom. The summed E-state index contributed by atoms with van der Waals surface area (Å²) in [5, 5.41) is 7.12. The van der Waals surface area contributed by atoms with Crippen molar-refractivity contribution in [3.63, 3.8) is 0 Å². The maximum atomic E-state index is 12.8. The van der Waals surface area contributed by atoms with Gasteiger partial charge in [-0.15, -0.1) is 0 Å². The molecule has 3 heterocycles. The molecule has 35 heavy (non-hydrogen) atoms. The van der Waals surface area contributed by atoms with Gasteiger partial charge in [-0.05, 0) is 37.1 Å². The number of likely N-dealkylation sites (tertiary alicyclic amines) is 1. The molecule has 2 aliphatic heterocycles. The van der Waals surface area contributed by atoms with Crippen molar-refractivity contribution in [2.75, 3.05) is 25.4 Å². The lowest BCUT2D eigenvalue weighted by atomic mass is 9.83. The number of amides is 1. The third-order valence-electron chi connectivity index (χ3n) is 6.12. The second-order valence-electron chi connectivity index (χ2n) is 8.58. The second kappa shape index (κ2) is 10.3. The van der Waals surface area contributed by atoms with Crippen molar-refractivity contribution in [3.8, 4) is 0 Å². The molecule has 1 aromatic carbocycles. The fourth-order valence-electron chi connectivity index (χ4n) is 4.21. The first-order chi connectivity index (χ1) is 16.4. The van der Waals surface area contributed by atoms with Crippen LogP contribution in [0.3, 0.4) is 0 Å². The third kappa shape index (κ3) is 5.99. The lowest BCUT2D eigenvalue weighted by Gasteiger charge is -2.49. The van der Waals surface area contributed by atoms with Gasteiger partial charge in [-0.3, -0.25) is 9.78 Å². The van der Waals surface area contributed by atoms with E-state index in [0.29, 0.717) is 25.2 Å². The van der Waals surface area contributed by atoms with Crippen molar-refractivity contribution < 1.29 is 41.0 Å². The highest BCUT2D eigenvalue weighted by Crippen LogP contribution is 2.45. The van der Waals surface area contributed by atoms with Gasteiger partial charge in [0.1, 0.15) is 4.75 Å². The Bertz CT molecular complexity index is 1170. The molecule has 1 atom stereocenters. The van der Waals surface area contributed by atoms with Gasteiger partial charge in [0.05, 0.1) is 19.0 Å². The minimum Gasteiger partial charge on any atom is -0.475 e. The van der Waals surface area contributed by atoms with Crippen molar-refractivity contribution >= 4 is 21.7 Å². The number of hydrogen-bond acceptors (Lipinski definition) is 6. The number of aryl methyl sites for hydroxylation is 1. The fourth-order valence-corrected chi connectivity index (χ4v) is 6.61. The second-order valence-corrected chi connectivity index (χ2v) is 11.0. The van der Waals surface area contributed by atoms with Crippen molar-refractivity contribution in [1.29, 1.82) is 0 Å². The van der Waals surface area contributed by atoms with Gasteiger partial charge in [-0.2, -0.15) is 13.2 Å². The Kier molecular flexibility index (Phi) is 7.85. The van der Waals surface area contributed by atoms with Gasteiger partial charge in [-0.25, -0.2) is 13.2 Å². The molecule has 2 aliphatic rings. The summed E-state index contributed by atoms with van der Waals surface area (Å²) in [6, 6.07) is 11.2. The topological polar surface area (TPSA) is 114 Å². The lowest BCUT2D eigenvalue weighted by molar-refractivity contribution is -0.192. The molecule has 1 aromatic heterocycles. The SMILES string of the molecule is Cc1cccc(C(=O)N2CC3(C2)C(COCc2cccnc2)CCS3(=O)=O)c1.O=C(O)C(F)(F)F. The largest absolute Gasteiger partial charge is 0.490 e. The van der Waals surface area contributed by atoms with E-state index < -0.39 is 26.7 Å². The molecule has 190 valence electrons. The molecule has 8 nitrogen and oxygen atoms in total. The van der Waals surface area contributed by atoms with Crippen molar-refractivity contribution in [3.05, 3.63) is 65.5 Å². The number of nitrogens with zero attached hydrogens (tertiary/aromatic N) is 2. The molecule has 0 bridgehead atoms. The van der Waals surface area contributed by atoms with Gasteiger partial charge in [-0.1, -0.05) is 23.8 Å². The zero-order valence-corrected chi connectivity index (χ0v) is 19.7. The Morgan fingerprint density at radius 3 is 2.49 bits per heavy atom. The van der Waals surface area contributed by atoms with E-state index in [-0.39, 0.29) is 30.7 Å². The summed E-state index contributed by atoms with van der Waals surface area (Å²) in [5.41, 5.74) is 2.58. The molecular weight excluding hydrogens is 489 g/mol. The Hall–Kier alpha value is -2.99. The van der Waals surface area contributed by atoms with E-state index in [2.05, 4.69) is 4.98 Å². The number of carbonyl (C=O) groups excluding carboxylic acids is 1. The van der Waals surface area contributed by atoms with Crippen LogP contribution in [0.25, 0.3) is 0 Å². The minimum absolute atomic E-state index is 0.0873. The first-order valence-electron chi connectivity index (χ1n) is 10.7. The number of ether oxygens (including phenoxy) is 1. The van der Waals surface area contributed by atoms with Crippen LogP contribution in [0.4, 0.5) is 13.2 Å². The minimum atomic E-state index is -5.08. The van der Waals surface area contributed by atoms with E-state index in [1.54, 1.807) is 23.4 Å². The van der Waals surface area contributed by atoms with E-state index in [9.17, 15) is 26.4 Å². The summed E-state index contributed by atoms with van der Waals surface area (Å²) in [5.74, 6) is -2.78. The molecule has 1 amide bonds. The van der Waals surface area contributed by atoms with E-state index in [1.165, 1.54) is 0 Å². The normalized spacial score (nSPS) is 20.0. The maximum Gasteiger partial charge on any atom is 0.490 e. The number of sulfone groups is 1. The zero-order chi connectivity index (χ0) is 25.9. The highest BCUT2D eigenvalue weighted by molar-refractivity contribution is 7.93. The number of pyridine rings is 1. The van der Waals surface area contributed by atoms with E-state index in [0.717, 1.165) is 11.1 Å². The highest BCUT2D eigenvalue weighted by Gasteiger charge is 2.62. The average molecular weight is 515 g/mol. The number of carboxylic acids is 1. The molecule has 4 rings (SSSR count). The Morgan fingerprint density at radius 1 is 1.23 bits per heavy atom. The van der Waals surface area contributed by atoms with Crippen LogP contribution in [0, 0.1) is 12.8 Å². The molecule has 1 unspecified atom stereocenters. The van der Waals surface area contributed by atoms with Crippen LogP contribution in [-0.4, -0.2) is 71.7 Å². The van der Waals surface area contributed by atoms with Crippen LogP contribution in [0.15, 0.2) is 48.8 Å². The molecule has 0 aliphatic carbocycles. The van der Waals surface area contributed by atoms with Crippen LogP contribution < -0.4 is 0 Å². The summed E-state index contributed by atoms with van der Waals surface area (Å²) in [6.45, 7) is 3.23. The molecule has 0 saturated carbocycles. The molecule has 0 radical (unpaired) electrons. The summed E-state index contributed by atoms with van der Waals surface area (Å²) < 4.78 is 62.2. The van der Waals surface area contributed by atoms with Gasteiger partial charge < -0.3 is 14.7 Å². The van der Waals surface area contributed by atoms with Crippen molar-refractivity contribution in [1.82, 2.24) is 9.88 Å². The van der Waals surface area contributed by atoms with E-state index >= 15 is 0 Å². The fraction of sp³-hybridized carbons (Fsp3) is 0.435. The molecule has 1 spiro atoms. The van der Waals surface area contributed by atoms with E-state index in [4.69, 9.17) is 14.6 Å². The summed E-state index contributed by atoms with van der Waals surface area (Å²) in [4.78, 5) is 27.3. The third-order valence-corrected chi connectivity index (χ3v) is 8.72. The van der Waals surface area contributed by atoms with Gasteiger partial charge in [0, 0.05) is 37.0 Å². The lowest BCUT2D eigenvalue weighted by Crippen LogP contribution is -2.68. The van der Waals surface area contributed by atoms with Gasteiger partial charge in [0.15, 0.2) is 9.84 Å². The van der Waals surface area contributed by atoms with Crippen LogP contribution in [0.2, 0.25) is 0 Å². The van der Waals surface area contributed by atoms with Crippen LogP contribution in [0.1, 0.15) is 27.9 Å². The zero-order valence-electron chi connectivity index (χ0n) is 18.9. The first-order valence-corrected chi connectivity index (χ1v) is 12.4. The predicted molar refractivity (Wildman–Crippen MR) is 119 cm³/mol. The summed E-state index contributed by atoms with van der Waals surface area (Å²) in [7, 11) is -3.24. The number of benzene rings is 1. The molecule has 2 fully saturated rings. The number of halogens is 3. The number of rotatable bonds is 5. The predicted octanol–water partition coefficient (Wildman–Crippen LogP) is 2.87. The van der Waals surface area contributed by atoms with Crippen molar-refractivity contribution in [2.24, 2.45) is 5.92 Å². The number of carboxylic acid groups (broad SMARTS) is 1. The van der Waals surface area contributed by atoms with Gasteiger partial charge >= 0.3 is 12.1 Å². The highest BCUT2D eigenvalue weighted by atomic mass is 32.2. The molecule has 2 saturated heterocycles. The maximum absolute atomic E-state index is 12.8. The molecule has 2 aromatic rings. The number of hydrogen-bond donors (Lipinski definition) is 1. The Balaban J connectivity index is 0.000000429. The Labute approximate surface area is 200 Å². The van der Waals surface area contributed by atoms with Gasteiger partial charge in [0.25, 0.3) is 5.91 Å². The molecule has 12 heteroatoms. The number of aromatic nitrogens is 1. The quantitative estimate of drug-likeness (QED) is 0.653. The van der Waals surface area contributed by atoms with E-state index in [1.807, 2.05) is 37.3 Å². The number of carbonyl (C=O) groups is 2. The first kappa shape index (κ1) is 26.6. The number of aliphatic carboxylic acids is 1. The molecular formula is C23H25F3N2O6S.